The van der Waals surface area contributed by atoms with Crippen LogP contribution >= 0.6 is 0 Å². The molecule has 33 heavy (non-hydrogen) atoms. The van der Waals surface area contributed by atoms with E-state index in [2.05, 4.69) is 136 Å². The van der Waals surface area contributed by atoms with Crippen LogP contribution in [0.2, 0.25) is 0 Å². The lowest BCUT2D eigenvalue weighted by molar-refractivity contribution is 0.936. The smallest absolute Gasteiger partial charge is 0.0384 e. The van der Waals surface area contributed by atoms with Crippen LogP contribution < -0.4 is 5.32 Å². The minimum Gasteiger partial charge on any atom is -0.356 e. The normalized spacial score (nSPS) is 12.9. The van der Waals surface area contributed by atoms with Crippen LogP contribution in [0.1, 0.15) is 38.3 Å². The fraction of sp³-hybridized carbons (Fsp3) is 0.188. The molecule has 0 saturated heterocycles. The SMILES string of the molecule is C=C(CCc1ccc(NC(/C=C\C(C)/C=C/C)=C/C)cc1)c1ccc(-c2ccccc2)cc1. The third kappa shape index (κ3) is 7.50. The summed E-state index contributed by atoms with van der Waals surface area (Å²) >= 11 is 0. The molecular weight excluding hydrogens is 398 g/mol. The zero-order valence-electron chi connectivity index (χ0n) is 20.1. The highest BCUT2D eigenvalue weighted by Gasteiger charge is 2.03. The molecule has 0 amide bonds. The molecule has 1 heteroatoms. The van der Waals surface area contributed by atoms with E-state index < -0.39 is 0 Å². The predicted octanol–water partition coefficient (Wildman–Crippen LogP) is 9.08. The number of hydrogen-bond acceptors (Lipinski definition) is 1. The second-order valence-corrected chi connectivity index (χ2v) is 8.36. The van der Waals surface area contributed by atoms with Gasteiger partial charge in [-0.3, -0.25) is 0 Å². The summed E-state index contributed by atoms with van der Waals surface area (Å²) in [6.45, 7) is 10.6. The minimum atomic E-state index is 0.428. The van der Waals surface area contributed by atoms with Gasteiger partial charge in [-0.05, 0) is 78.6 Å². The van der Waals surface area contributed by atoms with Crippen LogP contribution in [0.3, 0.4) is 0 Å². The Balaban J connectivity index is 1.53. The van der Waals surface area contributed by atoms with Gasteiger partial charge in [0, 0.05) is 11.4 Å². The van der Waals surface area contributed by atoms with Crippen LogP contribution in [-0.4, -0.2) is 0 Å². The molecule has 168 valence electrons. The van der Waals surface area contributed by atoms with E-state index in [0.717, 1.165) is 24.2 Å². The molecule has 1 unspecified atom stereocenters. The number of benzene rings is 3. The van der Waals surface area contributed by atoms with Gasteiger partial charge in [0.1, 0.15) is 0 Å². The Morgan fingerprint density at radius 3 is 2.15 bits per heavy atom. The van der Waals surface area contributed by atoms with Crippen LogP contribution in [0.5, 0.6) is 0 Å². The van der Waals surface area contributed by atoms with Gasteiger partial charge < -0.3 is 5.32 Å². The first kappa shape index (κ1) is 24.1. The maximum absolute atomic E-state index is 4.33. The average molecular weight is 434 g/mol. The van der Waals surface area contributed by atoms with Gasteiger partial charge in [0.15, 0.2) is 0 Å². The van der Waals surface area contributed by atoms with E-state index in [1.165, 1.54) is 27.8 Å². The van der Waals surface area contributed by atoms with Crippen LogP contribution in [0, 0.1) is 5.92 Å². The highest BCUT2D eigenvalue weighted by Crippen LogP contribution is 2.24. The quantitative estimate of drug-likeness (QED) is 0.248. The van der Waals surface area contributed by atoms with Gasteiger partial charge in [0.05, 0.1) is 0 Å². The topological polar surface area (TPSA) is 12.0 Å². The second-order valence-electron chi connectivity index (χ2n) is 8.36. The Morgan fingerprint density at radius 2 is 1.52 bits per heavy atom. The molecule has 0 aromatic heterocycles. The van der Waals surface area contributed by atoms with Gasteiger partial charge in [-0.25, -0.2) is 0 Å². The van der Waals surface area contributed by atoms with Crippen molar-refractivity contribution < 1.29 is 0 Å². The summed E-state index contributed by atoms with van der Waals surface area (Å²) in [5, 5.41) is 3.50. The standard InChI is InChI=1S/C32H35N/c1-5-10-25(3)13-22-31(6-2)33-32-23-16-27(17-24-32)15-14-26(4)28-18-20-30(21-19-28)29-11-8-7-9-12-29/h5-13,16-25,33H,4,14-15H2,1-3H3/b10-5+,22-13-,31-6+. The summed E-state index contributed by atoms with van der Waals surface area (Å²) in [7, 11) is 0. The first-order valence-electron chi connectivity index (χ1n) is 11.8. The molecule has 3 rings (SSSR count). The molecule has 0 radical (unpaired) electrons. The molecule has 0 fully saturated rings. The molecule has 0 saturated carbocycles. The van der Waals surface area contributed by atoms with Crippen molar-refractivity contribution in [2.24, 2.45) is 5.92 Å². The summed E-state index contributed by atoms with van der Waals surface area (Å²) in [6.07, 6.45) is 12.6. The molecule has 0 spiro atoms. The van der Waals surface area contributed by atoms with Crippen molar-refractivity contribution in [3.8, 4) is 11.1 Å². The summed E-state index contributed by atoms with van der Waals surface area (Å²) in [4.78, 5) is 0. The Morgan fingerprint density at radius 1 is 0.848 bits per heavy atom. The summed E-state index contributed by atoms with van der Waals surface area (Å²) in [5.41, 5.74) is 8.39. The number of aryl methyl sites for hydroxylation is 1. The zero-order chi connectivity index (χ0) is 23.5. The van der Waals surface area contributed by atoms with Crippen molar-refractivity contribution in [1.29, 1.82) is 0 Å². The third-order valence-electron chi connectivity index (χ3n) is 5.74. The van der Waals surface area contributed by atoms with Crippen LogP contribution in [0.4, 0.5) is 5.69 Å². The highest BCUT2D eigenvalue weighted by atomic mass is 14.9. The average Bonchev–Trinajstić information content (AvgIpc) is 2.86. The molecule has 1 atom stereocenters. The Kier molecular flexibility index (Phi) is 9.08. The lowest BCUT2D eigenvalue weighted by Crippen LogP contribution is -1.97. The maximum atomic E-state index is 4.33. The fourth-order valence-corrected chi connectivity index (χ4v) is 3.72. The molecule has 3 aromatic rings. The van der Waals surface area contributed by atoms with Crippen molar-refractivity contribution >= 4 is 11.3 Å². The largest absolute Gasteiger partial charge is 0.356 e. The van der Waals surface area contributed by atoms with Gasteiger partial charge in [0.25, 0.3) is 0 Å². The fourth-order valence-electron chi connectivity index (χ4n) is 3.72. The Hall–Kier alpha value is -3.58. The zero-order valence-corrected chi connectivity index (χ0v) is 20.1. The molecule has 0 heterocycles. The van der Waals surface area contributed by atoms with E-state index in [0.29, 0.717) is 5.92 Å². The van der Waals surface area contributed by atoms with E-state index in [1.807, 2.05) is 6.07 Å². The lowest BCUT2D eigenvalue weighted by Gasteiger charge is -2.10. The molecule has 0 aliphatic heterocycles. The van der Waals surface area contributed by atoms with Crippen molar-refractivity contribution in [3.05, 3.63) is 133 Å². The van der Waals surface area contributed by atoms with Crippen molar-refractivity contribution in [2.45, 2.75) is 33.6 Å². The number of anilines is 1. The van der Waals surface area contributed by atoms with Crippen LogP contribution in [-0.2, 0) is 6.42 Å². The van der Waals surface area contributed by atoms with Crippen LogP contribution in [0.15, 0.2) is 122 Å². The van der Waals surface area contributed by atoms with Gasteiger partial charge in [-0.15, -0.1) is 0 Å². The van der Waals surface area contributed by atoms with Crippen LogP contribution in [0.25, 0.3) is 16.7 Å². The van der Waals surface area contributed by atoms with E-state index >= 15 is 0 Å². The molecule has 3 aromatic carbocycles. The van der Waals surface area contributed by atoms with E-state index in [1.54, 1.807) is 0 Å². The van der Waals surface area contributed by atoms with Crippen molar-refractivity contribution in [2.75, 3.05) is 5.32 Å². The van der Waals surface area contributed by atoms with Crippen molar-refractivity contribution in [3.63, 3.8) is 0 Å². The van der Waals surface area contributed by atoms with Gasteiger partial charge in [0.2, 0.25) is 0 Å². The first-order chi connectivity index (χ1) is 16.1. The number of hydrogen-bond donors (Lipinski definition) is 1. The monoisotopic (exact) mass is 433 g/mol. The number of rotatable bonds is 10. The maximum Gasteiger partial charge on any atom is 0.0384 e. The van der Waals surface area contributed by atoms with Gasteiger partial charge in [-0.2, -0.15) is 0 Å². The molecule has 0 bridgehead atoms. The third-order valence-corrected chi connectivity index (χ3v) is 5.74. The molecular formula is C32H35N. The van der Waals surface area contributed by atoms with Crippen molar-refractivity contribution in [1.82, 2.24) is 0 Å². The molecule has 0 aliphatic rings. The Labute approximate surface area is 199 Å². The van der Waals surface area contributed by atoms with E-state index in [4.69, 9.17) is 0 Å². The Bertz CT molecular complexity index is 1100. The second kappa shape index (κ2) is 12.5. The molecule has 0 aliphatic carbocycles. The summed E-state index contributed by atoms with van der Waals surface area (Å²) in [5.74, 6) is 0.428. The number of nitrogens with one attached hydrogen (secondary N) is 1. The van der Waals surface area contributed by atoms with E-state index in [9.17, 15) is 0 Å². The van der Waals surface area contributed by atoms with E-state index in [-0.39, 0.29) is 0 Å². The summed E-state index contributed by atoms with van der Waals surface area (Å²) in [6, 6.07) is 27.9. The summed E-state index contributed by atoms with van der Waals surface area (Å²) < 4.78 is 0. The highest BCUT2D eigenvalue weighted by molar-refractivity contribution is 5.69. The number of allylic oxidation sites excluding steroid dienone is 6. The lowest BCUT2D eigenvalue weighted by atomic mass is 9.97. The molecule has 1 nitrogen and oxygen atoms in total. The predicted molar refractivity (Wildman–Crippen MR) is 146 cm³/mol. The first-order valence-corrected chi connectivity index (χ1v) is 11.8. The minimum absolute atomic E-state index is 0.428. The van der Waals surface area contributed by atoms with Gasteiger partial charge >= 0.3 is 0 Å². The van der Waals surface area contributed by atoms with Gasteiger partial charge in [-0.1, -0.05) is 105 Å². The molecule has 1 N–H and O–H groups in total.